The summed E-state index contributed by atoms with van der Waals surface area (Å²) in [5.41, 5.74) is 2.61. The summed E-state index contributed by atoms with van der Waals surface area (Å²) in [7, 11) is 1.81. The molecule has 0 saturated heterocycles. The Bertz CT molecular complexity index is 440. The number of aryl methyl sites for hydroxylation is 1. The van der Waals surface area contributed by atoms with Crippen LogP contribution in [0, 0.1) is 6.92 Å². The van der Waals surface area contributed by atoms with Crippen molar-refractivity contribution >= 4 is 5.96 Å². The summed E-state index contributed by atoms with van der Waals surface area (Å²) >= 11 is 0. The van der Waals surface area contributed by atoms with Gasteiger partial charge in [0.25, 0.3) is 0 Å². The highest BCUT2D eigenvalue weighted by Crippen LogP contribution is 2.05. The number of hydrogen-bond acceptors (Lipinski definition) is 2. The highest BCUT2D eigenvalue weighted by Gasteiger charge is 2.06. The molecule has 0 bridgehead atoms. The van der Waals surface area contributed by atoms with Crippen LogP contribution in [0.15, 0.2) is 29.3 Å². The first kappa shape index (κ1) is 17.5. The molecule has 4 heteroatoms. The van der Waals surface area contributed by atoms with E-state index in [1.165, 1.54) is 11.1 Å². The second-order valence-corrected chi connectivity index (χ2v) is 5.50. The molecule has 0 fully saturated rings. The molecular weight excluding hydrogens is 260 g/mol. The molecule has 0 saturated carbocycles. The van der Waals surface area contributed by atoms with Gasteiger partial charge < -0.3 is 10.6 Å². The third-order valence-corrected chi connectivity index (χ3v) is 3.76. The zero-order valence-corrected chi connectivity index (χ0v) is 14.1. The Hall–Kier alpha value is -1.55. The first-order chi connectivity index (χ1) is 10.1. The number of benzene rings is 1. The number of nitrogens with one attached hydrogen (secondary N) is 2. The summed E-state index contributed by atoms with van der Waals surface area (Å²) in [6.07, 6.45) is 0. The summed E-state index contributed by atoms with van der Waals surface area (Å²) in [6.45, 7) is 12.6. The number of guanidine groups is 1. The Morgan fingerprint density at radius 2 is 1.95 bits per heavy atom. The van der Waals surface area contributed by atoms with Crippen LogP contribution < -0.4 is 10.6 Å². The molecule has 1 aromatic carbocycles. The van der Waals surface area contributed by atoms with Crippen LogP contribution in [0.4, 0.5) is 0 Å². The lowest BCUT2D eigenvalue weighted by atomic mass is 10.1. The van der Waals surface area contributed by atoms with Gasteiger partial charge in [0.2, 0.25) is 0 Å². The molecule has 0 amide bonds. The predicted molar refractivity (Wildman–Crippen MR) is 91.8 cm³/mol. The van der Waals surface area contributed by atoms with E-state index < -0.39 is 0 Å². The van der Waals surface area contributed by atoms with Gasteiger partial charge in [-0.15, -0.1) is 0 Å². The smallest absolute Gasteiger partial charge is 0.191 e. The fourth-order valence-electron chi connectivity index (χ4n) is 2.31. The molecular formula is C17H30N4. The molecule has 0 atom stereocenters. The van der Waals surface area contributed by atoms with Crippen molar-refractivity contribution in [3.8, 4) is 0 Å². The molecule has 0 spiro atoms. The molecule has 0 heterocycles. The number of aliphatic imine (C=N–C) groups is 1. The molecule has 0 aromatic heterocycles. The van der Waals surface area contributed by atoms with Crippen LogP contribution >= 0.6 is 0 Å². The van der Waals surface area contributed by atoms with Crippen LogP contribution in [0.3, 0.4) is 0 Å². The minimum absolute atomic E-state index is 0.582. The van der Waals surface area contributed by atoms with E-state index in [1.54, 1.807) is 0 Å². The summed E-state index contributed by atoms with van der Waals surface area (Å²) < 4.78 is 0. The maximum absolute atomic E-state index is 4.28. The van der Waals surface area contributed by atoms with E-state index in [9.17, 15) is 0 Å². The first-order valence-corrected chi connectivity index (χ1v) is 7.81. The molecule has 0 aliphatic rings. The van der Waals surface area contributed by atoms with Crippen LogP contribution in [0.1, 0.15) is 31.9 Å². The van der Waals surface area contributed by atoms with Gasteiger partial charge in [0.05, 0.1) is 0 Å². The van der Waals surface area contributed by atoms with Crippen LogP contribution in [0.5, 0.6) is 0 Å². The molecule has 0 radical (unpaired) electrons. The fraction of sp³-hybridized carbons (Fsp3) is 0.588. The van der Waals surface area contributed by atoms with Crippen molar-refractivity contribution < 1.29 is 0 Å². The second-order valence-electron chi connectivity index (χ2n) is 5.50. The van der Waals surface area contributed by atoms with Gasteiger partial charge in [0, 0.05) is 32.7 Å². The summed E-state index contributed by atoms with van der Waals surface area (Å²) in [6, 6.07) is 9.00. The molecule has 1 rings (SSSR count). The fourth-order valence-corrected chi connectivity index (χ4v) is 2.31. The van der Waals surface area contributed by atoms with Crippen molar-refractivity contribution in [3.05, 3.63) is 35.4 Å². The largest absolute Gasteiger partial charge is 0.355 e. The SMILES string of the molecule is CCN(CCNC(=NC)NCc1ccccc1C)C(C)C. The van der Waals surface area contributed by atoms with Gasteiger partial charge in [0.1, 0.15) is 0 Å². The Balaban J connectivity index is 2.38. The zero-order valence-electron chi connectivity index (χ0n) is 14.1. The Labute approximate surface area is 129 Å². The molecule has 118 valence electrons. The first-order valence-electron chi connectivity index (χ1n) is 7.81. The molecule has 0 unspecified atom stereocenters. The second kappa shape index (κ2) is 9.40. The van der Waals surface area contributed by atoms with Crippen LogP contribution in [-0.4, -0.2) is 43.6 Å². The molecule has 0 aliphatic carbocycles. The minimum atomic E-state index is 0.582. The number of likely N-dealkylation sites (N-methyl/N-ethyl adjacent to an activating group) is 1. The predicted octanol–water partition coefficient (Wildman–Crippen LogP) is 2.39. The van der Waals surface area contributed by atoms with Crippen molar-refractivity contribution in [2.75, 3.05) is 26.7 Å². The molecule has 4 nitrogen and oxygen atoms in total. The summed E-state index contributed by atoms with van der Waals surface area (Å²) in [5.74, 6) is 0.859. The van der Waals surface area contributed by atoms with Gasteiger partial charge in [-0.05, 0) is 38.4 Å². The van der Waals surface area contributed by atoms with E-state index in [0.29, 0.717) is 6.04 Å². The lowest BCUT2D eigenvalue weighted by Gasteiger charge is -2.25. The minimum Gasteiger partial charge on any atom is -0.355 e. The van der Waals surface area contributed by atoms with Gasteiger partial charge >= 0.3 is 0 Å². The van der Waals surface area contributed by atoms with E-state index in [-0.39, 0.29) is 0 Å². The maximum atomic E-state index is 4.28. The van der Waals surface area contributed by atoms with E-state index >= 15 is 0 Å². The number of rotatable bonds is 7. The van der Waals surface area contributed by atoms with Gasteiger partial charge in [-0.2, -0.15) is 0 Å². The van der Waals surface area contributed by atoms with Crippen molar-refractivity contribution in [1.82, 2.24) is 15.5 Å². The summed E-state index contributed by atoms with van der Waals surface area (Å²) in [5, 5.41) is 6.74. The Morgan fingerprint density at radius 3 is 2.52 bits per heavy atom. The van der Waals surface area contributed by atoms with E-state index in [0.717, 1.165) is 32.1 Å². The van der Waals surface area contributed by atoms with E-state index in [4.69, 9.17) is 0 Å². The van der Waals surface area contributed by atoms with Crippen LogP contribution in [-0.2, 0) is 6.54 Å². The normalized spacial score (nSPS) is 12.0. The van der Waals surface area contributed by atoms with E-state index in [2.05, 4.69) is 72.5 Å². The van der Waals surface area contributed by atoms with Crippen molar-refractivity contribution in [2.24, 2.45) is 4.99 Å². The topological polar surface area (TPSA) is 39.7 Å². The van der Waals surface area contributed by atoms with Gasteiger partial charge in [0.15, 0.2) is 5.96 Å². The molecule has 0 aliphatic heterocycles. The van der Waals surface area contributed by atoms with E-state index in [1.807, 2.05) is 7.05 Å². The lowest BCUT2D eigenvalue weighted by Crippen LogP contribution is -2.42. The van der Waals surface area contributed by atoms with Gasteiger partial charge in [-0.1, -0.05) is 31.2 Å². The Morgan fingerprint density at radius 1 is 1.24 bits per heavy atom. The monoisotopic (exact) mass is 290 g/mol. The van der Waals surface area contributed by atoms with Crippen molar-refractivity contribution in [3.63, 3.8) is 0 Å². The number of hydrogen-bond donors (Lipinski definition) is 2. The summed E-state index contributed by atoms with van der Waals surface area (Å²) in [4.78, 5) is 6.71. The van der Waals surface area contributed by atoms with Gasteiger partial charge in [-0.25, -0.2) is 0 Å². The zero-order chi connectivity index (χ0) is 15.7. The quantitative estimate of drug-likeness (QED) is 0.598. The van der Waals surface area contributed by atoms with Crippen LogP contribution in [0.2, 0.25) is 0 Å². The van der Waals surface area contributed by atoms with Crippen molar-refractivity contribution in [1.29, 1.82) is 0 Å². The highest BCUT2D eigenvalue weighted by atomic mass is 15.2. The standard InChI is InChI=1S/C17H30N4/c1-6-21(14(2)3)12-11-19-17(18-5)20-13-16-10-8-7-9-15(16)4/h7-10,14H,6,11-13H2,1-5H3,(H2,18,19,20). The molecule has 1 aromatic rings. The highest BCUT2D eigenvalue weighted by molar-refractivity contribution is 5.79. The van der Waals surface area contributed by atoms with Gasteiger partial charge in [-0.3, -0.25) is 9.89 Å². The Kier molecular flexibility index (Phi) is 7.83. The molecule has 21 heavy (non-hydrogen) atoms. The third-order valence-electron chi connectivity index (χ3n) is 3.76. The van der Waals surface area contributed by atoms with Crippen LogP contribution in [0.25, 0.3) is 0 Å². The third kappa shape index (κ3) is 6.17. The molecule has 2 N–H and O–H groups in total. The number of nitrogens with zero attached hydrogens (tertiary/aromatic N) is 2. The maximum Gasteiger partial charge on any atom is 0.191 e. The lowest BCUT2D eigenvalue weighted by molar-refractivity contribution is 0.237. The average Bonchev–Trinajstić information content (AvgIpc) is 2.47. The average molecular weight is 290 g/mol. The van der Waals surface area contributed by atoms with Crippen molar-refractivity contribution in [2.45, 2.75) is 40.3 Å².